The number of hydrogen-bond donors (Lipinski definition) is 9. The Balaban J connectivity index is 0.000000156. The van der Waals surface area contributed by atoms with E-state index in [1.54, 1.807) is 130 Å². The number of methoxy groups -OCH3 is 3. The quantitative estimate of drug-likeness (QED) is 0.0232. The summed E-state index contributed by atoms with van der Waals surface area (Å²) in [6, 6.07) is 16.4. The molecule has 0 aliphatic carbocycles. The van der Waals surface area contributed by atoms with Gasteiger partial charge in [0.25, 0.3) is 0 Å². The average molecular weight is 1670 g/mol. The van der Waals surface area contributed by atoms with Crippen LogP contribution in [0.5, 0.6) is 17.2 Å². The number of fused-ring (bicyclic) bond motifs is 3. The summed E-state index contributed by atoms with van der Waals surface area (Å²) in [7, 11) is 9.57. The molecule has 15 rings (SSSR count). The summed E-state index contributed by atoms with van der Waals surface area (Å²) in [5, 5.41) is 59.7. The Hall–Kier alpha value is -14.1. The van der Waals surface area contributed by atoms with Crippen molar-refractivity contribution in [2.24, 2.45) is 21.1 Å². The number of aliphatic hydroxyl groups excluding tert-OH is 3. The van der Waals surface area contributed by atoms with Gasteiger partial charge in [-0.1, -0.05) is 11.6 Å². The van der Waals surface area contributed by atoms with Crippen LogP contribution in [0.15, 0.2) is 147 Å². The summed E-state index contributed by atoms with van der Waals surface area (Å²) in [6.07, 6.45) is 14.8. The number of hydrogen-bond acceptors (Lipinski definition) is 24. The van der Waals surface area contributed by atoms with Crippen LogP contribution in [-0.2, 0) is 55.2 Å². The average Bonchev–Trinajstić information content (AvgIpc) is 1.63. The molecule has 0 fully saturated rings. The van der Waals surface area contributed by atoms with Crippen LogP contribution in [0, 0.1) is 31.3 Å². The Morgan fingerprint density at radius 2 is 0.742 bits per heavy atom. The number of carbonyl (C=O) groups is 6. The van der Waals surface area contributed by atoms with Crippen molar-refractivity contribution < 1.29 is 71.5 Å². The zero-order valence-electron chi connectivity index (χ0n) is 66.6. The molecule has 120 heavy (non-hydrogen) atoms. The zero-order valence-corrected chi connectivity index (χ0v) is 67.4. The number of aliphatic hydroxyl groups is 3. The maximum atomic E-state index is 14.0. The third kappa shape index (κ3) is 18.1. The first-order chi connectivity index (χ1) is 57.5. The number of nitrogens with zero attached hydrogens (tertiary/aromatic N) is 18. The van der Waals surface area contributed by atoms with E-state index in [0.717, 1.165) is 33.9 Å². The summed E-state index contributed by atoms with van der Waals surface area (Å²) in [4.78, 5) is 110. The van der Waals surface area contributed by atoms with Crippen molar-refractivity contribution in [2.45, 2.75) is 90.5 Å². The van der Waals surface area contributed by atoms with E-state index in [2.05, 4.69) is 77.1 Å². The molecule has 0 spiro atoms. The van der Waals surface area contributed by atoms with Gasteiger partial charge in [-0.25, -0.2) is 57.5 Å². The Bertz CT molecular complexity index is 5310. The Morgan fingerprint density at radius 3 is 1.02 bits per heavy atom. The number of rotatable bonds is 27. The molecule has 6 amide bonds. The van der Waals surface area contributed by atoms with Crippen LogP contribution in [0.4, 0.5) is 62.9 Å². The van der Waals surface area contributed by atoms with Crippen LogP contribution in [-0.4, -0.2) is 198 Å². The van der Waals surface area contributed by atoms with Crippen LogP contribution in [0.1, 0.15) is 83.8 Å². The highest BCUT2D eigenvalue weighted by molar-refractivity contribution is 6.33. The van der Waals surface area contributed by atoms with Gasteiger partial charge in [0, 0.05) is 122 Å². The minimum atomic E-state index is -0.892. The number of ether oxygens (including phenoxy) is 3. The molecule has 12 heterocycles. The van der Waals surface area contributed by atoms with Crippen molar-refractivity contribution in [2.75, 3.05) is 57.1 Å². The fourth-order valence-corrected chi connectivity index (χ4v) is 13.8. The molecule has 0 saturated carbocycles. The van der Waals surface area contributed by atoms with Crippen LogP contribution in [0.2, 0.25) is 5.02 Å². The molecule has 0 saturated heterocycles. The highest BCUT2D eigenvalue weighted by atomic mass is 35.5. The van der Waals surface area contributed by atoms with Crippen LogP contribution in [0.3, 0.4) is 0 Å². The molecule has 0 radical (unpaired) electrons. The third-order valence-electron chi connectivity index (χ3n) is 20.4. The lowest BCUT2D eigenvalue weighted by Crippen LogP contribution is -2.47. The molecule has 3 aromatic carbocycles. The van der Waals surface area contributed by atoms with Gasteiger partial charge in [-0.05, 0) is 117 Å². The number of aromatic nitrogens is 15. The molecule has 6 atom stereocenters. The number of benzene rings is 3. The minimum Gasteiger partial charge on any atom is -0.497 e. The first kappa shape index (κ1) is 83.9. The van der Waals surface area contributed by atoms with Crippen molar-refractivity contribution in [3.05, 3.63) is 214 Å². The molecule has 3 aliphatic rings. The lowest BCUT2D eigenvalue weighted by molar-refractivity contribution is -0.126. The maximum Gasteiger partial charge on any atom is 0.329 e. The first-order valence-electron chi connectivity index (χ1n) is 37.3. The first-order valence-corrected chi connectivity index (χ1v) is 37.7. The second-order valence-corrected chi connectivity index (χ2v) is 28.7. The SMILES string of the molecule is COc1cc(F)cc([C@@H](CO)NC(=O)[C@@H](C)N2Cc3cc(-c4nc(Nc5ccnn5C)ncc4C)cn3C2=O)c1.COc1cc(F)cc([C@@H](CO)NC(=O)[C@@H](C)N2Cc3cc(-c4nc(Nc5ccnn5C)ncc4Cl)cn3C2=O)c1.COc1cc(F)cc([C@@H](CO)NC(=O)[C@H](C)N2Cc3cc(-c4nc(Nc5ccnn5C)ncc4C)cn3C2=O)c1. The molecular formula is C80H84ClF3N24O12. The predicted molar refractivity (Wildman–Crippen MR) is 430 cm³/mol. The minimum absolute atomic E-state index is 0.161. The van der Waals surface area contributed by atoms with E-state index in [0.29, 0.717) is 85.1 Å². The fraction of sp³-hybridized carbons (Fsp3) is 0.287. The molecule has 40 heteroatoms. The Morgan fingerprint density at radius 1 is 0.450 bits per heavy atom. The van der Waals surface area contributed by atoms with Gasteiger partial charge in [0.05, 0.1) is 126 Å². The number of carbonyl (C=O) groups excluding carboxylic acids is 6. The monoisotopic (exact) mass is 1660 g/mol. The molecule has 36 nitrogen and oxygen atoms in total. The molecule has 12 aromatic rings. The van der Waals surface area contributed by atoms with E-state index in [9.17, 15) is 57.3 Å². The largest absolute Gasteiger partial charge is 0.497 e. The zero-order chi connectivity index (χ0) is 85.7. The summed E-state index contributed by atoms with van der Waals surface area (Å²) >= 11 is 6.39. The molecular weight excluding hydrogens is 1580 g/mol. The van der Waals surface area contributed by atoms with E-state index in [1.165, 1.54) is 111 Å². The second kappa shape index (κ2) is 35.8. The van der Waals surface area contributed by atoms with Crippen LogP contribution >= 0.6 is 11.6 Å². The Labute approximate surface area is 688 Å². The summed E-state index contributed by atoms with van der Waals surface area (Å²) in [6.45, 7) is 7.74. The van der Waals surface area contributed by atoms with Crippen LogP contribution < -0.4 is 46.1 Å². The lowest BCUT2D eigenvalue weighted by Gasteiger charge is -2.25. The molecule has 0 bridgehead atoms. The fourth-order valence-electron chi connectivity index (χ4n) is 13.6. The van der Waals surface area contributed by atoms with Crippen molar-refractivity contribution in [1.29, 1.82) is 0 Å². The molecule has 9 N–H and O–H groups in total. The number of anilines is 6. The predicted octanol–water partition coefficient (Wildman–Crippen LogP) is 9.05. The second-order valence-electron chi connectivity index (χ2n) is 28.3. The van der Waals surface area contributed by atoms with E-state index in [1.807, 2.05) is 26.0 Å². The van der Waals surface area contributed by atoms with Crippen molar-refractivity contribution in [1.82, 2.24) is 104 Å². The number of amides is 6. The van der Waals surface area contributed by atoms with Crippen LogP contribution in [0.25, 0.3) is 33.8 Å². The van der Waals surface area contributed by atoms with Gasteiger partial charge >= 0.3 is 18.1 Å². The van der Waals surface area contributed by atoms with Crippen molar-refractivity contribution >= 4 is 82.7 Å². The standard InChI is InChI=1S/2C27H29FN8O4.C26H26ClFN8O4/c2*1-15-11-29-26(32-23-5-6-30-34(23)3)33-24(15)18-8-20-13-35(27(39)36(20)12-18)16(2)25(38)31-22(14-37)17-7-19(28)10-21(9-17)40-4;1-14(24(38)31-21(13-37)15-6-17(28)9-19(8-15)40-3)35-12-18-7-16(11-36(18)26(35)39)23-20(27)10-29-25(33-23)32-22-4-5-30-34(22)2/h2*5-12,16,22,37H,13-14H2,1-4H3,(H,31,38)(H,29,32,33);4-11,14,21,37H,12-13H2,1-3H3,(H,31,38)(H,29,32,33)/t16-,22+;16-,22-;14-,21-/m011/s1. The van der Waals surface area contributed by atoms with E-state index in [4.69, 9.17) is 25.8 Å². The van der Waals surface area contributed by atoms with E-state index in [-0.39, 0.29) is 48.9 Å². The summed E-state index contributed by atoms with van der Waals surface area (Å²) in [5.41, 5.74) is 8.62. The van der Waals surface area contributed by atoms with Crippen molar-refractivity contribution in [3.8, 4) is 51.0 Å². The highest BCUT2D eigenvalue weighted by Crippen LogP contribution is 2.36. The van der Waals surface area contributed by atoms with E-state index >= 15 is 0 Å². The van der Waals surface area contributed by atoms with Gasteiger partial charge in [-0.3, -0.25) is 42.1 Å². The Kier molecular flexibility index (Phi) is 25.0. The highest BCUT2D eigenvalue weighted by Gasteiger charge is 2.39. The molecule has 9 aromatic heterocycles. The van der Waals surface area contributed by atoms with Gasteiger partial charge in [-0.2, -0.15) is 15.3 Å². The summed E-state index contributed by atoms with van der Waals surface area (Å²) < 4.78 is 66.6. The van der Waals surface area contributed by atoms with Gasteiger partial charge in [0.1, 0.15) is 70.3 Å². The van der Waals surface area contributed by atoms with Crippen molar-refractivity contribution in [3.63, 3.8) is 0 Å². The smallest absolute Gasteiger partial charge is 0.329 e. The van der Waals surface area contributed by atoms with Gasteiger partial charge in [0.2, 0.25) is 35.6 Å². The number of aryl methyl sites for hydroxylation is 5. The van der Waals surface area contributed by atoms with Gasteiger partial charge in [-0.15, -0.1) is 0 Å². The lowest BCUT2D eigenvalue weighted by atomic mass is 10.1. The molecule has 624 valence electrons. The topological polar surface area (TPSA) is 418 Å². The normalized spacial score (nSPS) is 14.2. The summed E-state index contributed by atoms with van der Waals surface area (Å²) in [5.74, 6) is 0.854. The number of halogens is 4. The third-order valence-corrected chi connectivity index (χ3v) is 20.7. The van der Waals surface area contributed by atoms with E-state index < -0.39 is 97.3 Å². The molecule has 0 unspecified atom stereocenters. The van der Waals surface area contributed by atoms with Gasteiger partial charge < -0.3 is 76.1 Å². The number of nitrogens with one attached hydrogen (secondary N) is 6. The van der Waals surface area contributed by atoms with Gasteiger partial charge in [0.15, 0.2) is 0 Å². The molecule has 3 aliphatic heterocycles. The maximum absolute atomic E-state index is 14.0.